The minimum absolute atomic E-state index is 0.0866. The smallest absolute Gasteiger partial charge is 0.217 e. The predicted octanol–water partition coefficient (Wildman–Crippen LogP) is 3.88. The number of fused-ring (bicyclic) bond motifs is 1. The van der Waals surface area contributed by atoms with Gasteiger partial charge in [-0.1, -0.05) is 6.07 Å². The number of carbonyl (C=O) groups is 2. The molecule has 0 aromatic heterocycles. The molecule has 0 atom stereocenters. The number of carbonyl (C=O) groups excluding carboxylic acids is 2. The van der Waals surface area contributed by atoms with Crippen molar-refractivity contribution in [3.63, 3.8) is 0 Å². The van der Waals surface area contributed by atoms with E-state index in [1.165, 1.54) is 44.5 Å². The molecule has 1 amide bonds. The van der Waals surface area contributed by atoms with E-state index < -0.39 is 5.91 Å². The number of rotatable bonds is 9. The van der Waals surface area contributed by atoms with Gasteiger partial charge in [-0.05, 0) is 87.3 Å². The molecule has 7 heteroatoms. The standard InChI is InChI=1S/C15H21NO2.C11H13NO3.C2H2/c1-2-8-16(7-1)9-3-4-13-5-6-14-15(12-13)18-11-10-17-14;1-15-9-4-2-8(3-5-9)10(13)6-7-11(12)14;1-2/h5-6,12H,1-4,7-11H2;2-5H,6-7H2,1H3,(H2,12,14);1-2H. The van der Waals surface area contributed by atoms with E-state index >= 15 is 0 Å². The number of likely N-dealkylation sites (tertiary alicyclic amines) is 1. The van der Waals surface area contributed by atoms with Crippen LogP contribution in [0.2, 0.25) is 0 Å². The van der Waals surface area contributed by atoms with Crippen LogP contribution in [-0.4, -0.2) is 56.5 Å². The quantitative estimate of drug-likeness (QED) is 0.433. The van der Waals surface area contributed by atoms with Crippen molar-refractivity contribution in [3.05, 3.63) is 53.6 Å². The SMILES string of the molecule is C#C.COc1ccc(C(=O)CCC(N)=O)cc1.c1cc2c(cc1CCCN1CCCC1)OCCO2. The maximum Gasteiger partial charge on any atom is 0.217 e. The lowest BCUT2D eigenvalue weighted by Gasteiger charge is -2.19. The van der Waals surface area contributed by atoms with Crippen LogP contribution in [0.5, 0.6) is 17.2 Å². The van der Waals surface area contributed by atoms with Gasteiger partial charge >= 0.3 is 0 Å². The molecule has 188 valence electrons. The second kappa shape index (κ2) is 15.4. The van der Waals surface area contributed by atoms with E-state index in [-0.39, 0.29) is 18.6 Å². The van der Waals surface area contributed by atoms with Crippen molar-refractivity contribution >= 4 is 11.7 Å². The number of hydrogen-bond donors (Lipinski definition) is 1. The van der Waals surface area contributed by atoms with Crippen molar-refractivity contribution in [1.82, 2.24) is 4.90 Å². The first-order chi connectivity index (χ1) is 17.0. The third kappa shape index (κ3) is 9.71. The van der Waals surface area contributed by atoms with Gasteiger partial charge < -0.3 is 24.8 Å². The van der Waals surface area contributed by atoms with Crippen molar-refractivity contribution in [2.24, 2.45) is 5.73 Å². The number of hydrogen-bond acceptors (Lipinski definition) is 6. The van der Waals surface area contributed by atoms with E-state index in [4.69, 9.17) is 19.9 Å². The third-order valence-corrected chi connectivity index (χ3v) is 5.76. The van der Waals surface area contributed by atoms with Crippen molar-refractivity contribution in [3.8, 4) is 30.1 Å². The fraction of sp³-hybridized carbons (Fsp3) is 0.429. The van der Waals surface area contributed by atoms with Gasteiger partial charge in [-0.3, -0.25) is 9.59 Å². The lowest BCUT2D eigenvalue weighted by Crippen LogP contribution is -2.20. The second-order valence-corrected chi connectivity index (χ2v) is 8.25. The molecule has 0 radical (unpaired) electrons. The fourth-order valence-electron chi connectivity index (χ4n) is 3.91. The van der Waals surface area contributed by atoms with Crippen LogP contribution < -0.4 is 19.9 Å². The Kier molecular flexibility index (Phi) is 12.2. The normalized spacial score (nSPS) is 14.0. The van der Waals surface area contributed by atoms with Crippen molar-refractivity contribution < 1.29 is 23.8 Å². The van der Waals surface area contributed by atoms with Crippen LogP contribution in [0.1, 0.15) is 48.0 Å². The van der Waals surface area contributed by atoms with Gasteiger partial charge in [-0.25, -0.2) is 0 Å². The molecule has 1 saturated heterocycles. The molecule has 2 aliphatic rings. The highest BCUT2D eigenvalue weighted by Gasteiger charge is 2.13. The van der Waals surface area contributed by atoms with E-state index in [9.17, 15) is 9.59 Å². The first-order valence-corrected chi connectivity index (χ1v) is 11.9. The number of ketones is 1. The number of aryl methyl sites for hydroxylation is 1. The summed E-state index contributed by atoms with van der Waals surface area (Å²) in [6, 6.07) is 13.1. The minimum Gasteiger partial charge on any atom is -0.497 e. The number of methoxy groups -OCH3 is 1. The van der Waals surface area contributed by atoms with Gasteiger partial charge in [0.05, 0.1) is 7.11 Å². The lowest BCUT2D eigenvalue weighted by molar-refractivity contribution is -0.118. The number of ether oxygens (including phenoxy) is 3. The molecule has 35 heavy (non-hydrogen) atoms. The molecule has 2 aromatic carbocycles. The number of nitrogens with zero attached hydrogens (tertiary/aromatic N) is 1. The molecule has 2 aliphatic heterocycles. The zero-order chi connectivity index (χ0) is 25.5. The van der Waals surface area contributed by atoms with Crippen LogP contribution in [0.25, 0.3) is 0 Å². The van der Waals surface area contributed by atoms with Gasteiger partial charge in [0.15, 0.2) is 17.3 Å². The largest absolute Gasteiger partial charge is 0.497 e. The Labute approximate surface area is 208 Å². The molecular formula is C28H36N2O5. The van der Waals surface area contributed by atoms with Gasteiger partial charge in [0.1, 0.15) is 19.0 Å². The molecule has 0 spiro atoms. The number of nitrogens with two attached hydrogens (primary N) is 1. The van der Waals surface area contributed by atoms with E-state index in [1.54, 1.807) is 31.4 Å². The first-order valence-electron chi connectivity index (χ1n) is 11.9. The summed E-state index contributed by atoms with van der Waals surface area (Å²) in [7, 11) is 1.56. The fourth-order valence-corrected chi connectivity index (χ4v) is 3.91. The van der Waals surface area contributed by atoms with Gasteiger partial charge in [0.2, 0.25) is 5.91 Å². The Balaban J connectivity index is 0.000000235. The third-order valence-electron chi connectivity index (χ3n) is 5.76. The zero-order valence-corrected chi connectivity index (χ0v) is 20.5. The van der Waals surface area contributed by atoms with Gasteiger partial charge in [0.25, 0.3) is 0 Å². The highest BCUT2D eigenvalue weighted by Crippen LogP contribution is 2.31. The van der Waals surface area contributed by atoms with Crippen LogP contribution in [-0.2, 0) is 11.2 Å². The van der Waals surface area contributed by atoms with Crippen molar-refractivity contribution in [2.45, 2.75) is 38.5 Å². The van der Waals surface area contributed by atoms with E-state index in [0.29, 0.717) is 24.5 Å². The average Bonchev–Trinajstić information content (AvgIpc) is 3.42. The summed E-state index contributed by atoms with van der Waals surface area (Å²) in [6.45, 7) is 5.16. The maximum absolute atomic E-state index is 11.5. The number of Topliss-reactive ketones (excluding diaryl/α,β-unsaturated/α-hetero) is 1. The Morgan fingerprint density at radius 3 is 2.26 bits per heavy atom. The molecule has 0 aliphatic carbocycles. The predicted molar refractivity (Wildman–Crippen MR) is 137 cm³/mol. The molecule has 4 rings (SSSR count). The Hall–Kier alpha value is -3.50. The maximum atomic E-state index is 11.5. The monoisotopic (exact) mass is 480 g/mol. The molecule has 1 fully saturated rings. The van der Waals surface area contributed by atoms with Crippen LogP contribution in [0.4, 0.5) is 0 Å². The molecule has 7 nitrogen and oxygen atoms in total. The number of amides is 1. The summed E-state index contributed by atoms with van der Waals surface area (Å²) in [5, 5.41) is 0. The Morgan fingerprint density at radius 1 is 0.971 bits per heavy atom. The molecule has 0 unspecified atom stereocenters. The van der Waals surface area contributed by atoms with Gasteiger partial charge in [-0.2, -0.15) is 0 Å². The van der Waals surface area contributed by atoms with E-state index in [2.05, 4.69) is 29.9 Å². The molecule has 0 saturated carbocycles. The molecule has 2 heterocycles. The zero-order valence-electron chi connectivity index (χ0n) is 20.5. The number of benzene rings is 2. The summed E-state index contributed by atoms with van der Waals surface area (Å²) < 4.78 is 16.1. The van der Waals surface area contributed by atoms with Gasteiger partial charge in [0, 0.05) is 18.4 Å². The van der Waals surface area contributed by atoms with Crippen LogP contribution >= 0.6 is 0 Å². The minimum atomic E-state index is -0.461. The van der Waals surface area contributed by atoms with Crippen LogP contribution in [0.3, 0.4) is 0 Å². The number of primary amides is 1. The van der Waals surface area contributed by atoms with Gasteiger partial charge in [-0.15, -0.1) is 12.8 Å². The van der Waals surface area contributed by atoms with Crippen LogP contribution in [0.15, 0.2) is 42.5 Å². The topological polar surface area (TPSA) is 91.1 Å². The molecular weight excluding hydrogens is 444 g/mol. The molecule has 2 aromatic rings. The first kappa shape index (κ1) is 27.7. The van der Waals surface area contributed by atoms with E-state index in [1.807, 2.05) is 6.07 Å². The highest BCUT2D eigenvalue weighted by molar-refractivity contribution is 5.97. The summed E-state index contributed by atoms with van der Waals surface area (Å²) in [5.74, 6) is 1.96. The summed E-state index contributed by atoms with van der Waals surface area (Å²) in [5.41, 5.74) is 6.88. The second-order valence-electron chi connectivity index (χ2n) is 8.25. The lowest BCUT2D eigenvalue weighted by atomic mass is 10.1. The van der Waals surface area contributed by atoms with Crippen molar-refractivity contribution in [2.75, 3.05) is 40.0 Å². The van der Waals surface area contributed by atoms with E-state index in [0.717, 1.165) is 17.9 Å². The number of terminal acetylenes is 1. The Morgan fingerprint density at radius 2 is 1.63 bits per heavy atom. The van der Waals surface area contributed by atoms with Crippen LogP contribution in [0, 0.1) is 12.8 Å². The Bertz CT molecular complexity index is 950. The van der Waals surface area contributed by atoms with Crippen molar-refractivity contribution in [1.29, 1.82) is 0 Å². The highest BCUT2D eigenvalue weighted by atomic mass is 16.6. The molecule has 2 N–H and O–H groups in total. The molecule has 0 bridgehead atoms. The average molecular weight is 481 g/mol. The summed E-state index contributed by atoms with van der Waals surface area (Å²) in [4.78, 5) is 24.6. The summed E-state index contributed by atoms with van der Waals surface area (Å²) >= 11 is 0. The summed E-state index contributed by atoms with van der Waals surface area (Å²) in [6.07, 6.45) is 13.4.